The zero-order valence-corrected chi connectivity index (χ0v) is 22.8. The number of carbonyl (C=O) groups is 2. The summed E-state index contributed by atoms with van der Waals surface area (Å²) in [5.74, 6) is -0.445. The molecule has 208 valence electrons. The van der Waals surface area contributed by atoms with Crippen molar-refractivity contribution in [1.29, 1.82) is 5.26 Å². The molecule has 3 aromatic carbocycles. The second-order valence-corrected chi connectivity index (χ2v) is 9.93. The zero-order valence-electron chi connectivity index (χ0n) is 22.8. The molecule has 1 aliphatic heterocycles. The summed E-state index contributed by atoms with van der Waals surface area (Å²) in [4.78, 5) is 27.6. The Kier molecular flexibility index (Phi) is 8.32. The van der Waals surface area contributed by atoms with Crippen molar-refractivity contribution in [3.8, 4) is 6.07 Å². The summed E-state index contributed by atoms with van der Waals surface area (Å²) in [5, 5.41) is 28.4. The maximum absolute atomic E-state index is 12.8. The Morgan fingerprint density at radius 1 is 0.902 bits per heavy atom. The largest absolute Gasteiger partial charge is 0.393 e. The minimum Gasteiger partial charge on any atom is -0.393 e. The predicted molar refractivity (Wildman–Crippen MR) is 161 cm³/mol. The fraction of sp³-hybridized carbons (Fsp3) is 0.219. The molecule has 0 saturated carbocycles. The molecule has 0 radical (unpaired) electrons. The highest BCUT2D eigenvalue weighted by molar-refractivity contribution is 6.05. The fourth-order valence-corrected chi connectivity index (χ4v) is 4.86. The minimum atomic E-state index is -0.238. The number of hydrogen-bond donors (Lipinski definition) is 4. The SMILES string of the molecule is CCn1cccc1C(=O)Nc1ccc(Nc2ccc(NC(=O)c3ccc(N4CCC(O)CC4)cc3)cc2)c(C#N)c1. The van der Waals surface area contributed by atoms with E-state index in [0.717, 1.165) is 37.3 Å². The molecule has 1 aromatic heterocycles. The van der Waals surface area contributed by atoms with E-state index in [4.69, 9.17) is 0 Å². The van der Waals surface area contributed by atoms with Crippen LogP contribution in [0.3, 0.4) is 0 Å². The molecule has 0 spiro atoms. The first kappa shape index (κ1) is 27.5. The lowest BCUT2D eigenvalue weighted by Crippen LogP contribution is -2.35. The first-order valence-electron chi connectivity index (χ1n) is 13.7. The van der Waals surface area contributed by atoms with Crippen molar-refractivity contribution in [2.24, 2.45) is 0 Å². The van der Waals surface area contributed by atoms with Gasteiger partial charge in [-0.15, -0.1) is 0 Å². The van der Waals surface area contributed by atoms with Crippen molar-refractivity contribution < 1.29 is 14.7 Å². The number of aryl methyl sites for hydroxylation is 1. The van der Waals surface area contributed by atoms with Gasteiger partial charge in [0.2, 0.25) is 0 Å². The van der Waals surface area contributed by atoms with E-state index in [1.807, 2.05) is 60.2 Å². The molecule has 1 saturated heterocycles. The molecule has 9 nitrogen and oxygen atoms in total. The highest BCUT2D eigenvalue weighted by atomic mass is 16.3. The number of amides is 2. The molecule has 4 aromatic rings. The summed E-state index contributed by atoms with van der Waals surface area (Å²) < 4.78 is 1.85. The number of nitriles is 1. The van der Waals surface area contributed by atoms with Gasteiger partial charge in [-0.1, -0.05) is 0 Å². The van der Waals surface area contributed by atoms with E-state index >= 15 is 0 Å². The molecular weight excluding hydrogens is 516 g/mol. The molecule has 2 heterocycles. The maximum atomic E-state index is 12.8. The molecule has 0 unspecified atom stereocenters. The number of nitrogens with one attached hydrogen (secondary N) is 3. The molecule has 0 atom stereocenters. The molecule has 4 N–H and O–H groups in total. The molecule has 2 amide bonds. The topological polar surface area (TPSA) is 122 Å². The van der Waals surface area contributed by atoms with E-state index in [9.17, 15) is 20.0 Å². The van der Waals surface area contributed by atoms with Gasteiger partial charge >= 0.3 is 0 Å². The molecule has 0 aliphatic carbocycles. The summed E-state index contributed by atoms with van der Waals surface area (Å²) in [6.45, 7) is 4.26. The highest BCUT2D eigenvalue weighted by Gasteiger charge is 2.18. The number of aliphatic hydroxyl groups is 1. The van der Waals surface area contributed by atoms with Gasteiger partial charge < -0.3 is 30.5 Å². The summed E-state index contributed by atoms with van der Waals surface area (Å²) in [5.41, 5.74) is 5.05. The van der Waals surface area contributed by atoms with E-state index < -0.39 is 0 Å². The normalized spacial score (nSPS) is 13.3. The van der Waals surface area contributed by atoms with Crippen molar-refractivity contribution in [1.82, 2.24) is 4.57 Å². The van der Waals surface area contributed by atoms with Gasteiger partial charge in [-0.05, 0) is 98.6 Å². The lowest BCUT2D eigenvalue weighted by Gasteiger charge is -2.31. The summed E-state index contributed by atoms with van der Waals surface area (Å²) in [7, 11) is 0. The third kappa shape index (κ3) is 6.57. The minimum absolute atomic E-state index is 0.207. The predicted octanol–water partition coefficient (Wildman–Crippen LogP) is 5.59. The number of benzene rings is 3. The Morgan fingerprint density at radius 3 is 2.24 bits per heavy atom. The van der Waals surface area contributed by atoms with Crippen molar-refractivity contribution in [2.75, 3.05) is 33.9 Å². The molecule has 0 bridgehead atoms. The number of hydrogen-bond acceptors (Lipinski definition) is 6. The van der Waals surface area contributed by atoms with Crippen LogP contribution in [-0.2, 0) is 6.54 Å². The zero-order chi connectivity index (χ0) is 28.8. The van der Waals surface area contributed by atoms with Crippen molar-refractivity contribution in [3.05, 3.63) is 102 Å². The van der Waals surface area contributed by atoms with Gasteiger partial charge in [0.05, 0.1) is 17.4 Å². The van der Waals surface area contributed by atoms with Crippen LogP contribution in [-0.4, -0.2) is 40.7 Å². The third-order valence-electron chi connectivity index (χ3n) is 7.18. The Morgan fingerprint density at radius 2 is 1.56 bits per heavy atom. The van der Waals surface area contributed by atoms with Crippen LogP contribution in [0.4, 0.5) is 28.4 Å². The first-order chi connectivity index (χ1) is 19.9. The number of piperidine rings is 1. The number of aliphatic hydroxyl groups excluding tert-OH is 1. The number of nitrogens with zero attached hydrogens (tertiary/aromatic N) is 3. The fourth-order valence-electron chi connectivity index (χ4n) is 4.86. The number of carbonyl (C=O) groups excluding carboxylic acids is 2. The molecule has 1 aliphatic rings. The number of aromatic nitrogens is 1. The molecule has 9 heteroatoms. The van der Waals surface area contributed by atoms with E-state index in [2.05, 4.69) is 26.9 Å². The second-order valence-electron chi connectivity index (χ2n) is 9.93. The highest BCUT2D eigenvalue weighted by Crippen LogP contribution is 2.26. The number of rotatable bonds is 8. The number of anilines is 5. The van der Waals surface area contributed by atoms with Crippen LogP contribution in [0, 0.1) is 11.3 Å². The average Bonchev–Trinajstić information content (AvgIpc) is 3.49. The molecular formula is C32H32N6O3. The third-order valence-corrected chi connectivity index (χ3v) is 7.18. The quantitative estimate of drug-likeness (QED) is 0.228. The van der Waals surface area contributed by atoms with Gasteiger partial charge in [0.1, 0.15) is 11.8 Å². The van der Waals surface area contributed by atoms with Gasteiger partial charge in [0.25, 0.3) is 11.8 Å². The molecule has 5 rings (SSSR count). The van der Waals surface area contributed by atoms with E-state index in [-0.39, 0.29) is 17.9 Å². The van der Waals surface area contributed by atoms with Gasteiger partial charge in [-0.25, -0.2) is 0 Å². The van der Waals surface area contributed by atoms with Crippen LogP contribution in [0.1, 0.15) is 46.2 Å². The Labute approximate surface area is 239 Å². The van der Waals surface area contributed by atoms with Crippen molar-refractivity contribution >= 4 is 40.3 Å². The Hall–Kier alpha value is -5.07. The lowest BCUT2D eigenvalue weighted by molar-refractivity contribution is 0.101. The van der Waals surface area contributed by atoms with Crippen LogP contribution in [0.2, 0.25) is 0 Å². The van der Waals surface area contributed by atoms with Crippen LogP contribution in [0.25, 0.3) is 0 Å². The molecule has 1 fully saturated rings. The van der Waals surface area contributed by atoms with Crippen molar-refractivity contribution in [2.45, 2.75) is 32.4 Å². The van der Waals surface area contributed by atoms with Gasteiger partial charge in [-0.3, -0.25) is 9.59 Å². The van der Waals surface area contributed by atoms with Gasteiger partial charge in [0.15, 0.2) is 0 Å². The Balaban J connectivity index is 1.18. The van der Waals surface area contributed by atoms with Crippen LogP contribution < -0.4 is 20.9 Å². The van der Waals surface area contributed by atoms with Crippen LogP contribution in [0.15, 0.2) is 85.1 Å². The summed E-state index contributed by atoms with van der Waals surface area (Å²) in [6.07, 6.45) is 3.13. The summed E-state index contributed by atoms with van der Waals surface area (Å²) in [6, 6.07) is 25.6. The Bertz CT molecular complexity index is 1560. The summed E-state index contributed by atoms with van der Waals surface area (Å²) >= 11 is 0. The van der Waals surface area contributed by atoms with E-state index in [1.165, 1.54) is 0 Å². The van der Waals surface area contributed by atoms with Gasteiger partial charge in [-0.2, -0.15) is 5.26 Å². The van der Waals surface area contributed by atoms with E-state index in [1.54, 1.807) is 36.4 Å². The molecule has 41 heavy (non-hydrogen) atoms. The average molecular weight is 549 g/mol. The first-order valence-corrected chi connectivity index (χ1v) is 13.7. The standard InChI is InChI=1S/C32H32N6O3/c1-2-37-17-3-4-30(37)32(41)36-26-11-14-29(23(20-26)21-33)34-24-7-9-25(10-8-24)35-31(40)22-5-12-27(13-6-22)38-18-15-28(39)16-19-38/h3-14,17,20,28,34,39H,2,15-16,18-19H2,1H3,(H,35,40)(H,36,41). The lowest BCUT2D eigenvalue weighted by atomic mass is 10.1. The maximum Gasteiger partial charge on any atom is 0.272 e. The van der Waals surface area contributed by atoms with Crippen LogP contribution >= 0.6 is 0 Å². The smallest absolute Gasteiger partial charge is 0.272 e. The van der Waals surface area contributed by atoms with Crippen LogP contribution in [0.5, 0.6) is 0 Å². The van der Waals surface area contributed by atoms with Crippen molar-refractivity contribution in [3.63, 3.8) is 0 Å². The second kappa shape index (κ2) is 12.4. The van der Waals surface area contributed by atoms with Gasteiger partial charge in [0, 0.05) is 54.1 Å². The monoisotopic (exact) mass is 548 g/mol. The van der Waals surface area contributed by atoms with E-state index in [0.29, 0.717) is 40.4 Å².